The maximum absolute atomic E-state index is 11.9. The summed E-state index contributed by atoms with van der Waals surface area (Å²) in [5.41, 5.74) is 1.60. The summed E-state index contributed by atoms with van der Waals surface area (Å²) in [5, 5.41) is 14.7. The topological polar surface area (TPSA) is 79.3 Å². The second-order valence-electron chi connectivity index (χ2n) is 4.47. The molecule has 2 rings (SSSR count). The molecule has 0 aliphatic rings. The highest BCUT2D eigenvalue weighted by molar-refractivity contribution is 7.09. The van der Waals surface area contributed by atoms with E-state index in [-0.39, 0.29) is 11.5 Å². The second kappa shape index (κ2) is 6.99. The van der Waals surface area contributed by atoms with E-state index in [2.05, 4.69) is 17.2 Å². The van der Waals surface area contributed by atoms with Crippen molar-refractivity contribution in [3.8, 4) is 0 Å². The highest BCUT2D eigenvalue weighted by Gasteiger charge is 2.08. The van der Waals surface area contributed by atoms with Crippen LogP contribution in [0.1, 0.15) is 38.3 Å². The summed E-state index contributed by atoms with van der Waals surface area (Å²) in [6.45, 7) is 2.57. The van der Waals surface area contributed by atoms with Crippen LogP contribution in [0.25, 0.3) is 0 Å². The number of carboxylic acid groups (broad SMARTS) is 1. The number of carboxylic acids is 1. The van der Waals surface area contributed by atoms with E-state index in [1.807, 2.05) is 5.38 Å². The molecular formula is C15H16N2O3S. The van der Waals surface area contributed by atoms with Gasteiger partial charge in [-0.1, -0.05) is 6.92 Å². The van der Waals surface area contributed by atoms with Crippen LogP contribution >= 0.6 is 11.3 Å². The molecule has 5 nitrogen and oxygen atoms in total. The summed E-state index contributed by atoms with van der Waals surface area (Å²) >= 11 is 1.63. The van der Waals surface area contributed by atoms with Gasteiger partial charge in [0.2, 0.25) is 0 Å². The van der Waals surface area contributed by atoms with Gasteiger partial charge in [0.25, 0.3) is 5.91 Å². The lowest BCUT2D eigenvalue weighted by molar-refractivity contribution is 0.0696. The van der Waals surface area contributed by atoms with Gasteiger partial charge >= 0.3 is 5.97 Å². The maximum Gasteiger partial charge on any atom is 0.335 e. The zero-order chi connectivity index (χ0) is 15.2. The van der Waals surface area contributed by atoms with E-state index in [0.717, 1.165) is 17.1 Å². The number of carbonyl (C=O) groups is 2. The van der Waals surface area contributed by atoms with Crippen LogP contribution in [-0.2, 0) is 12.8 Å². The Morgan fingerprint density at radius 1 is 1.24 bits per heavy atom. The molecule has 1 aromatic heterocycles. The van der Waals surface area contributed by atoms with E-state index in [4.69, 9.17) is 5.11 Å². The Bertz CT molecular complexity index is 635. The predicted molar refractivity (Wildman–Crippen MR) is 80.9 cm³/mol. The molecule has 0 aliphatic heterocycles. The van der Waals surface area contributed by atoms with E-state index in [0.29, 0.717) is 18.5 Å². The normalized spacial score (nSPS) is 10.3. The fraction of sp³-hybridized carbons (Fsp3) is 0.267. The Morgan fingerprint density at radius 3 is 2.48 bits per heavy atom. The van der Waals surface area contributed by atoms with Crippen molar-refractivity contribution in [2.75, 3.05) is 6.54 Å². The van der Waals surface area contributed by atoms with Gasteiger partial charge in [0.1, 0.15) is 0 Å². The first-order valence-corrected chi connectivity index (χ1v) is 7.53. The van der Waals surface area contributed by atoms with Gasteiger partial charge in [-0.2, -0.15) is 0 Å². The number of benzene rings is 1. The van der Waals surface area contributed by atoms with Crippen molar-refractivity contribution in [3.63, 3.8) is 0 Å². The number of carbonyl (C=O) groups excluding carboxylic acids is 1. The van der Waals surface area contributed by atoms with Crippen LogP contribution in [0.15, 0.2) is 29.6 Å². The summed E-state index contributed by atoms with van der Waals surface area (Å²) in [6, 6.07) is 5.87. The summed E-state index contributed by atoms with van der Waals surface area (Å²) in [7, 11) is 0. The lowest BCUT2D eigenvalue weighted by Gasteiger charge is -2.04. The van der Waals surface area contributed by atoms with Crippen molar-refractivity contribution in [1.82, 2.24) is 10.3 Å². The molecule has 1 aromatic carbocycles. The average molecular weight is 304 g/mol. The molecule has 0 unspecified atom stereocenters. The molecule has 110 valence electrons. The van der Waals surface area contributed by atoms with Gasteiger partial charge in [0.05, 0.1) is 16.3 Å². The number of rotatable bonds is 6. The second-order valence-corrected chi connectivity index (χ2v) is 5.42. The number of aromatic nitrogens is 1. The molecule has 0 saturated carbocycles. The van der Waals surface area contributed by atoms with Crippen LogP contribution in [0.5, 0.6) is 0 Å². The third kappa shape index (κ3) is 4.13. The van der Waals surface area contributed by atoms with Crippen molar-refractivity contribution in [1.29, 1.82) is 0 Å². The minimum absolute atomic E-state index is 0.168. The lowest BCUT2D eigenvalue weighted by atomic mass is 10.1. The number of aromatic carboxylic acids is 1. The van der Waals surface area contributed by atoms with Crippen LogP contribution in [0, 0.1) is 0 Å². The molecule has 1 heterocycles. The summed E-state index contributed by atoms with van der Waals surface area (Å²) in [4.78, 5) is 27.1. The predicted octanol–water partition coefficient (Wildman–Crippen LogP) is 2.38. The van der Waals surface area contributed by atoms with Crippen LogP contribution < -0.4 is 5.32 Å². The molecule has 0 bridgehead atoms. The van der Waals surface area contributed by atoms with Gasteiger partial charge in [-0.15, -0.1) is 11.3 Å². The fourth-order valence-electron chi connectivity index (χ4n) is 1.80. The Hall–Kier alpha value is -2.21. The monoisotopic (exact) mass is 304 g/mol. The number of hydrogen-bond acceptors (Lipinski definition) is 4. The van der Waals surface area contributed by atoms with Crippen LogP contribution in [0.4, 0.5) is 0 Å². The standard InChI is InChI=1S/C15H16N2O3S/c1-2-13-17-12(9-21-13)7-8-16-14(18)10-3-5-11(6-4-10)15(19)20/h3-6,9H,2,7-8H2,1H3,(H,16,18)(H,19,20). The molecule has 0 aliphatic carbocycles. The molecule has 0 saturated heterocycles. The van der Waals surface area contributed by atoms with Crippen molar-refractivity contribution in [3.05, 3.63) is 51.5 Å². The summed E-state index contributed by atoms with van der Waals surface area (Å²) in [6.07, 6.45) is 1.61. The minimum atomic E-state index is -1.00. The number of aryl methyl sites for hydroxylation is 1. The van der Waals surface area contributed by atoms with Crippen LogP contribution in [-0.4, -0.2) is 28.5 Å². The van der Waals surface area contributed by atoms with Gasteiger partial charge < -0.3 is 10.4 Å². The van der Waals surface area contributed by atoms with Gasteiger partial charge in [-0.3, -0.25) is 4.79 Å². The van der Waals surface area contributed by atoms with E-state index in [1.54, 1.807) is 11.3 Å². The number of nitrogens with zero attached hydrogens (tertiary/aromatic N) is 1. The minimum Gasteiger partial charge on any atom is -0.478 e. The molecule has 2 N–H and O–H groups in total. The Balaban J connectivity index is 1.85. The molecule has 6 heteroatoms. The molecule has 0 radical (unpaired) electrons. The molecule has 2 aromatic rings. The molecule has 0 fully saturated rings. The Kier molecular flexibility index (Phi) is 5.05. The van der Waals surface area contributed by atoms with Crippen LogP contribution in [0.2, 0.25) is 0 Å². The number of hydrogen-bond donors (Lipinski definition) is 2. The van der Waals surface area contributed by atoms with Crippen LogP contribution in [0.3, 0.4) is 0 Å². The zero-order valence-corrected chi connectivity index (χ0v) is 12.4. The van der Waals surface area contributed by atoms with Gasteiger partial charge in [0.15, 0.2) is 0 Å². The SMILES string of the molecule is CCc1nc(CCNC(=O)c2ccc(C(=O)O)cc2)cs1. The maximum atomic E-state index is 11.9. The smallest absolute Gasteiger partial charge is 0.335 e. The Morgan fingerprint density at radius 2 is 1.90 bits per heavy atom. The van der Waals surface area contributed by atoms with Crippen molar-refractivity contribution in [2.45, 2.75) is 19.8 Å². The first-order chi connectivity index (χ1) is 10.1. The summed E-state index contributed by atoms with van der Waals surface area (Å²) < 4.78 is 0. The van der Waals surface area contributed by atoms with Gasteiger partial charge in [-0.25, -0.2) is 9.78 Å². The molecule has 0 atom stereocenters. The third-order valence-corrected chi connectivity index (χ3v) is 4.00. The third-order valence-electron chi connectivity index (χ3n) is 2.96. The highest BCUT2D eigenvalue weighted by atomic mass is 32.1. The number of thiazole rings is 1. The van der Waals surface area contributed by atoms with E-state index >= 15 is 0 Å². The largest absolute Gasteiger partial charge is 0.478 e. The molecule has 0 spiro atoms. The van der Waals surface area contributed by atoms with Crippen molar-refractivity contribution < 1.29 is 14.7 Å². The van der Waals surface area contributed by atoms with E-state index in [1.165, 1.54) is 24.3 Å². The van der Waals surface area contributed by atoms with Crippen molar-refractivity contribution >= 4 is 23.2 Å². The first-order valence-electron chi connectivity index (χ1n) is 6.65. The van der Waals surface area contributed by atoms with E-state index < -0.39 is 5.97 Å². The Labute approximate surface area is 126 Å². The van der Waals surface area contributed by atoms with Crippen molar-refractivity contribution in [2.24, 2.45) is 0 Å². The molecule has 21 heavy (non-hydrogen) atoms. The number of nitrogens with one attached hydrogen (secondary N) is 1. The highest BCUT2D eigenvalue weighted by Crippen LogP contribution is 2.10. The lowest BCUT2D eigenvalue weighted by Crippen LogP contribution is -2.25. The van der Waals surface area contributed by atoms with Gasteiger partial charge in [0, 0.05) is 23.9 Å². The van der Waals surface area contributed by atoms with E-state index in [9.17, 15) is 9.59 Å². The molecular weight excluding hydrogens is 288 g/mol. The fourth-order valence-corrected chi connectivity index (χ4v) is 2.58. The summed E-state index contributed by atoms with van der Waals surface area (Å²) in [5.74, 6) is -1.21. The number of amides is 1. The first kappa shape index (κ1) is 15.2. The van der Waals surface area contributed by atoms with Gasteiger partial charge in [-0.05, 0) is 30.7 Å². The molecule has 1 amide bonds. The average Bonchev–Trinajstić information content (AvgIpc) is 2.95. The zero-order valence-electron chi connectivity index (χ0n) is 11.6. The quantitative estimate of drug-likeness (QED) is 0.858.